The van der Waals surface area contributed by atoms with Crippen LogP contribution in [0.4, 0.5) is 0 Å². The van der Waals surface area contributed by atoms with Crippen molar-refractivity contribution in [1.82, 2.24) is 14.8 Å². The van der Waals surface area contributed by atoms with Crippen LogP contribution in [0.1, 0.15) is 25.8 Å². The van der Waals surface area contributed by atoms with Gasteiger partial charge in [0.2, 0.25) is 0 Å². The normalized spacial score (nSPS) is 12.4. The molecule has 2 rings (SSSR count). The second-order valence-corrected chi connectivity index (χ2v) is 4.67. The van der Waals surface area contributed by atoms with Gasteiger partial charge in [-0.05, 0) is 44.3 Å². The fourth-order valence-electron chi connectivity index (χ4n) is 1.74. The molecule has 0 spiro atoms. The lowest BCUT2D eigenvalue weighted by Gasteiger charge is -2.14. The average molecular weight is 284 g/mol. The molecule has 1 aromatic heterocycles. The van der Waals surface area contributed by atoms with Crippen LogP contribution in [0.5, 0.6) is 5.75 Å². The summed E-state index contributed by atoms with van der Waals surface area (Å²) in [5.74, 6) is 1.49. The van der Waals surface area contributed by atoms with Crippen LogP contribution in [0.2, 0.25) is 5.02 Å². The van der Waals surface area contributed by atoms with E-state index in [1.54, 1.807) is 12.1 Å². The van der Waals surface area contributed by atoms with E-state index < -0.39 is 0 Å². The quantitative estimate of drug-likeness (QED) is 0.869. The van der Waals surface area contributed by atoms with Crippen LogP contribution in [0.25, 0.3) is 0 Å². The van der Waals surface area contributed by atoms with Gasteiger partial charge in [0.15, 0.2) is 16.7 Å². The minimum atomic E-state index is -0.198. The molecular formula is C12H14ClN3OS. The Morgan fingerprint density at radius 1 is 1.56 bits per heavy atom. The Kier molecular flexibility index (Phi) is 4.04. The number of hydrogen-bond acceptors (Lipinski definition) is 3. The Hall–Kier alpha value is -1.33. The Bertz CT molecular complexity index is 593. The van der Waals surface area contributed by atoms with E-state index in [1.807, 2.05) is 30.5 Å². The molecule has 0 aliphatic carbocycles. The van der Waals surface area contributed by atoms with Gasteiger partial charge in [0.25, 0.3) is 0 Å². The van der Waals surface area contributed by atoms with Gasteiger partial charge in [0, 0.05) is 11.6 Å². The minimum absolute atomic E-state index is 0.198. The largest absolute Gasteiger partial charge is 0.483 e. The number of aromatic amines is 1. The van der Waals surface area contributed by atoms with E-state index >= 15 is 0 Å². The van der Waals surface area contributed by atoms with Crippen molar-refractivity contribution in [1.29, 1.82) is 0 Å². The van der Waals surface area contributed by atoms with Crippen LogP contribution in [0.3, 0.4) is 0 Å². The predicted molar refractivity (Wildman–Crippen MR) is 73.6 cm³/mol. The molecule has 4 nitrogen and oxygen atoms in total. The van der Waals surface area contributed by atoms with E-state index in [4.69, 9.17) is 28.6 Å². The van der Waals surface area contributed by atoms with Gasteiger partial charge in [-0.2, -0.15) is 5.10 Å². The van der Waals surface area contributed by atoms with Gasteiger partial charge in [-0.1, -0.05) is 17.7 Å². The molecule has 1 atom stereocenters. The number of ether oxygens (including phenoxy) is 1. The minimum Gasteiger partial charge on any atom is -0.483 e. The topological polar surface area (TPSA) is 42.8 Å². The fourth-order valence-corrected chi connectivity index (χ4v) is 2.19. The average Bonchev–Trinajstić information content (AvgIpc) is 2.70. The van der Waals surface area contributed by atoms with Crippen LogP contribution in [-0.4, -0.2) is 14.8 Å². The summed E-state index contributed by atoms with van der Waals surface area (Å²) in [6.07, 6.45) is -0.198. The van der Waals surface area contributed by atoms with E-state index in [2.05, 4.69) is 10.2 Å². The maximum Gasteiger partial charge on any atom is 0.195 e. The SMILES string of the molecule is CCn1c(C(C)Oc2cccc(Cl)c2)n[nH]c1=S. The predicted octanol–water partition coefficient (Wildman–Crippen LogP) is 3.75. The molecule has 18 heavy (non-hydrogen) atoms. The van der Waals surface area contributed by atoms with E-state index in [9.17, 15) is 0 Å². The zero-order chi connectivity index (χ0) is 13.1. The first-order chi connectivity index (χ1) is 8.61. The zero-order valence-electron chi connectivity index (χ0n) is 10.2. The monoisotopic (exact) mass is 283 g/mol. The van der Waals surface area contributed by atoms with Crippen molar-refractivity contribution in [2.45, 2.75) is 26.5 Å². The van der Waals surface area contributed by atoms with Crippen molar-refractivity contribution >= 4 is 23.8 Å². The fraction of sp³-hybridized carbons (Fsp3) is 0.333. The Balaban J connectivity index is 2.21. The molecule has 96 valence electrons. The number of benzene rings is 1. The van der Waals surface area contributed by atoms with Gasteiger partial charge in [0.05, 0.1) is 0 Å². The van der Waals surface area contributed by atoms with Crippen molar-refractivity contribution in [3.05, 3.63) is 39.9 Å². The number of nitrogens with one attached hydrogen (secondary N) is 1. The smallest absolute Gasteiger partial charge is 0.195 e. The van der Waals surface area contributed by atoms with Crippen LogP contribution < -0.4 is 4.74 Å². The molecule has 0 bridgehead atoms. The van der Waals surface area contributed by atoms with Gasteiger partial charge in [0.1, 0.15) is 5.75 Å². The van der Waals surface area contributed by atoms with Gasteiger partial charge in [-0.3, -0.25) is 5.10 Å². The first-order valence-electron chi connectivity index (χ1n) is 5.69. The lowest BCUT2D eigenvalue weighted by molar-refractivity contribution is 0.210. The van der Waals surface area contributed by atoms with Crippen molar-refractivity contribution in [3.63, 3.8) is 0 Å². The summed E-state index contributed by atoms with van der Waals surface area (Å²) >= 11 is 11.1. The Morgan fingerprint density at radius 3 is 3.00 bits per heavy atom. The molecule has 0 amide bonds. The van der Waals surface area contributed by atoms with Crippen molar-refractivity contribution < 1.29 is 4.74 Å². The lowest BCUT2D eigenvalue weighted by atomic mass is 10.3. The highest BCUT2D eigenvalue weighted by atomic mass is 35.5. The maximum atomic E-state index is 5.91. The van der Waals surface area contributed by atoms with Crippen molar-refractivity contribution in [3.8, 4) is 5.75 Å². The van der Waals surface area contributed by atoms with Gasteiger partial charge >= 0.3 is 0 Å². The summed E-state index contributed by atoms with van der Waals surface area (Å²) in [6, 6.07) is 7.29. The molecular weight excluding hydrogens is 270 g/mol. The van der Waals surface area contributed by atoms with Crippen LogP contribution in [-0.2, 0) is 6.54 Å². The lowest BCUT2D eigenvalue weighted by Crippen LogP contribution is -2.11. The standard InChI is InChI=1S/C12H14ClN3OS/c1-3-16-11(14-15-12(16)18)8(2)17-10-6-4-5-9(13)7-10/h4-8H,3H2,1-2H3,(H,15,18). The highest BCUT2D eigenvalue weighted by Gasteiger charge is 2.15. The number of hydrogen-bond donors (Lipinski definition) is 1. The first kappa shape index (κ1) is 13.1. The number of nitrogens with zero attached hydrogens (tertiary/aromatic N) is 2. The molecule has 2 aromatic rings. The first-order valence-corrected chi connectivity index (χ1v) is 6.47. The molecule has 0 radical (unpaired) electrons. The number of halogens is 1. The highest BCUT2D eigenvalue weighted by molar-refractivity contribution is 7.71. The highest BCUT2D eigenvalue weighted by Crippen LogP contribution is 2.23. The van der Waals surface area contributed by atoms with Crippen LogP contribution in [0, 0.1) is 4.77 Å². The molecule has 0 saturated carbocycles. The van der Waals surface area contributed by atoms with Crippen LogP contribution in [0.15, 0.2) is 24.3 Å². The van der Waals surface area contributed by atoms with Gasteiger partial charge in [-0.15, -0.1) is 0 Å². The second kappa shape index (κ2) is 5.54. The summed E-state index contributed by atoms with van der Waals surface area (Å²) in [6.45, 7) is 4.70. The maximum absolute atomic E-state index is 5.91. The Morgan fingerprint density at radius 2 is 2.33 bits per heavy atom. The number of rotatable bonds is 4. The number of H-pyrrole nitrogens is 1. The molecule has 0 saturated heterocycles. The number of aromatic nitrogens is 3. The summed E-state index contributed by atoms with van der Waals surface area (Å²) < 4.78 is 8.32. The summed E-state index contributed by atoms with van der Waals surface area (Å²) in [5, 5.41) is 7.62. The molecule has 1 aromatic carbocycles. The molecule has 0 fully saturated rings. The molecule has 1 unspecified atom stereocenters. The van der Waals surface area contributed by atoms with Crippen molar-refractivity contribution in [2.24, 2.45) is 0 Å². The third-order valence-electron chi connectivity index (χ3n) is 2.58. The van der Waals surface area contributed by atoms with Gasteiger partial charge < -0.3 is 9.30 Å². The molecule has 6 heteroatoms. The molecule has 1 N–H and O–H groups in total. The molecule has 0 aliphatic rings. The van der Waals surface area contributed by atoms with Crippen LogP contribution >= 0.6 is 23.8 Å². The molecule has 0 aliphatic heterocycles. The summed E-state index contributed by atoms with van der Waals surface area (Å²) in [5.41, 5.74) is 0. The summed E-state index contributed by atoms with van der Waals surface area (Å²) in [4.78, 5) is 0. The summed E-state index contributed by atoms with van der Waals surface area (Å²) in [7, 11) is 0. The van der Waals surface area contributed by atoms with Crippen molar-refractivity contribution in [2.75, 3.05) is 0 Å². The molecule has 1 heterocycles. The van der Waals surface area contributed by atoms with E-state index in [0.717, 1.165) is 12.4 Å². The van der Waals surface area contributed by atoms with E-state index in [-0.39, 0.29) is 6.10 Å². The third-order valence-corrected chi connectivity index (χ3v) is 3.12. The van der Waals surface area contributed by atoms with E-state index in [0.29, 0.717) is 15.5 Å². The third kappa shape index (κ3) is 2.73. The van der Waals surface area contributed by atoms with Gasteiger partial charge in [-0.25, -0.2) is 0 Å². The zero-order valence-corrected chi connectivity index (χ0v) is 11.8. The Labute approximate surface area is 116 Å². The van der Waals surface area contributed by atoms with E-state index in [1.165, 1.54) is 0 Å². The second-order valence-electron chi connectivity index (χ2n) is 3.85.